The molecule has 1 fully saturated rings. The van der Waals surface area contributed by atoms with Gasteiger partial charge in [0.25, 0.3) is 0 Å². The highest BCUT2D eigenvalue weighted by atomic mass is 16.7. The van der Waals surface area contributed by atoms with Gasteiger partial charge in [0.15, 0.2) is 0 Å². The minimum Gasteiger partial charge on any atom is -0.569 e. The lowest BCUT2D eigenvalue weighted by atomic mass is 10.2. The Bertz CT molecular complexity index is 212. The minimum absolute atomic E-state index is 0.384. The summed E-state index contributed by atoms with van der Waals surface area (Å²) in [5, 5.41) is 16.6. The van der Waals surface area contributed by atoms with Crippen LogP contribution in [-0.2, 0) is 4.84 Å². The Hall–Kier alpha value is -1.04. The summed E-state index contributed by atoms with van der Waals surface area (Å²) in [6.45, 7) is 7.69. The van der Waals surface area contributed by atoms with Crippen LogP contribution in [0.4, 0.5) is 0 Å². The fourth-order valence-corrected chi connectivity index (χ4v) is 1.25. The molecule has 1 rings (SSSR count). The third kappa shape index (κ3) is 4.33. The van der Waals surface area contributed by atoms with Crippen molar-refractivity contribution in [2.24, 2.45) is 11.2 Å². The summed E-state index contributed by atoms with van der Waals surface area (Å²) in [5.74, 6) is 0.384. The van der Waals surface area contributed by atoms with Crippen molar-refractivity contribution in [3.8, 4) is 0 Å². The Labute approximate surface area is 90.6 Å². The first-order valence-electron chi connectivity index (χ1n) is 5.33. The van der Waals surface area contributed by atoms with Crippen molar-refractivity contribution in [2.75, 3.05) is 39.8 Å². The lowest BCUT2D eigenvalue weighted by Crippen LogP contribution is -2.47. The molecule has 0 aromatic heterocycles. The molecule has 6 nitrogen and oxygen atoms in total. The molecule has 0 spiro atoms. The number of likely N-dealkylation sites (N-methyl/N-ethyl adjacent to an activating group) is 1. The van der Waals surface area contributed by atoms with Crippen LogP contribution in [0.1, 0.15) is 13.8 Å². The maximum absolute atomic E-state index is 11.4. The van der Waals surface area contributed by atoms with Crippen LogP contribution in [0.15, 0.2) is 5.28 Å². The van der Waals surface area contributed by atoms with Gasteiger partial charge in [-0.15, -0.1) is 5.01 Å². The van der Waals surface area contributed by atoms with Crippen LogP contribution in [0.2, 0.25) is 0 Å². The van der Waals surface area contributed by atoms with Crippen LogP contribution in [0, 0.1) is 11.1 Å². The van der Waals surface area contributed by atoms with Gasteiger partial charge in [-0.3, -0.25) is 0 Å². The largest absolute Gasteiger partial charge is 0.569 e. The summed E-state index contributed by atoms with van der Waals surface area (Å²) in [5.41, 5.74) is 0. The molecule has 0 aliphatic carbocycles. The summed E-state index contributed by atoms with van der Waals surface area (Å²) >= 11 is 0. The molecular weight excluding hydrogens is 196 g/mol. The number of hydrazine groups is 1. The van der Waals surface area contributed by atoms with Crippen LogP contribution in [0.5, 0.6) is 0 Å². The molecule has 0 atom stereocenters. The van der Waals surface area contributed by atoms with E-state index in [0.717, 1.165) is 13.1 Å². The maximum Gasteiger partial charge on any atom is 0.233 e. The first-order chi connectivity index (χ1) is 7.09. The second-order valence-electron chi connectivity index (χ2n) is 4.28. The number of rotatable bonds is 4. The van der Waals surface area contributed by atoms with Crippen molar-refractivity contribution in [1.29, 1.82) is 0 Å². The molecule has 1 heterocycles. The Kier molecular flexibility index (Phi) is 4.61. The topological polar surface area (TPSA) is 54.1 Å². The standard InChI is InChI=1S/C9H20N4O2/c1-9(2)8-15-10-13(14)12-6-4-11(3)5-7-12/h9H,4-8H2,1-3H3/b13-10+. The molecule has 0 aromatic rings. The van der Waals surface area contributed by atoms with E-state index >= 15 is 0 Å². The maximum atomic E-state index is 11.4. The van der Waals surface area contributed by atoms with Gasteiger partial charge in [0.05, 0.1) is 18.1 Å². The summed E-state index contributed by atoms with van der Waals surface area (Å²) in [7, 11) is 2.04. The van der Waals surface area contributed by atoms with Crippen molar-refractivity contribution in [1.82, 2.24) is 9.91 Å². The summed E-state index contributed by atoms with van der Waals surface area (Å²) < 4.78 is 0. The van der Waals surface area contributed by atoms with Gasteiger partial charge in [0.1, 0.15) is 6.61 Å². The molecule has 0 N–H and O–H groups in total. The molecule has 6 heteroatoms. The molecular formula is C9H20N4O2. The van der Waals surface area contributed by atoms with E-state index in [0.29, 0.717) is 30.6 Å². The van der Waals surface area contributed by atoms with Crippen molar-refractivity contribution in [3.63, 3.8) is 0 Å². The van der Waals surface area contributed by atoms with Crippen LogP contribution in [0.3, 0.4) is 0 Å². The molecule has 0 aromatic carbocycles. The molecule has 0 bridgehead atoms. The minimum atomic E-state index is 0.384. The van der Waals surface area contributed by atoms with Crippen LogP contribution >= 0.6 is 0 Å². The van der Waals surface area contributed by atoms with E-state index in [1.165, 1.54) is 0 Å². The van der Waals surface area contributed by atoms with Crippen molar-refractivity contribution in [3.05, 3.63) is 5.21 Å². The van der Waals surface area contributed by atoms with Crippen LogP contribution in [0.25, 0.3) is 0 Å². The first-order valence-corrected chi connectivity index (χ1v) is 5.33. The molecule has 0 radical (unpaired) electrons. The fourth-order valence-electron chi connectivity index (χ4n) is 1.25. The summed E-state index contributed by atoms with van der Waals surface area (Å²) in [4.78, 5) is 7.66. The van der Waals surface area contributed by atoms with Gasteiger partial charge in [-0.2, -0.15) is 0 Å². The average Bonchev–Trinajstić information content (AvgIpc) is 2.18. The van der Waals surface area contributed by atoms with E-state index in [1.807, 2.05) is 20.9 Å². The van der Waals surface area contributed by atoms with Crippen molar-refractivity contribution >= 4 is 0 Å². The third-order valence-electron chi connectivity index (χ3n) is 2.26. The number of nitrogens with zero attached hydrogens (tertiary/aromatic N) is 4. The van der Waals surface area contributed by atoms with Crippen molar-refractivity contribution in [2.45, 2.75) is 13.8 Å². The molecule has 1 aliphatic heterocycles. The zero-order chi connectivity index (χ0) is 11.3. The lowest BCUT2D eigenvalue weighted by molar-refractivity contribution is -0.712. The van der Waals surface area contributed by atoms with Crippen LogP contribution in [-0.4, -0.2) is 54.7 Å². The van der Waals surface area contributed by atoms with E-state index in [-0.39, 0.29) is 0 Å². The van der Waals surface area contributed by atoms with Gasteiger partial charge in [-0.1, -0.05) is 13.8 Å². The van der Waals surface area contributed by atoms with Gasteiger partial charge in [0.2, 0.25) is 5.28 Å². The second-order valence-corrected chi connectivity index (χ2v) is 4.28. The number of hydrogen-bond acceptors (Lipinski definition) is 4. The smallest absolute Gasteiger partial charge is 0.233 e. The molecule has 0 amide bonds. The van der Waals surface area contributed by atoms with Crippen molar-refractivity contribution < 1.29 is 9.81 Å². The highest BCUT2D eigenvalue weighted by molar-refractivity contribution is 4.61. The monoisotopic (exact) mass is 216 g/mol. The predicted octanol–water partition coefficient (Wildman–Crippen LogP) is 0.699. The van der Waals surface area contributed by atoms with E-state index in [1.54, 1.807) is 5.01 Å². The SMILES string of the molecule is CC(C)CO/N=[N+](/[O-])N1CCN(C)CC1. The summed E-state index contributed by atoms with van der Waals surface area (Å²) in [6.07, 6.45) is 0. The predicted molar refractivity (Wildman–Crippen MR) is 55.9 cm³/mol. The lowest BCUT2D eigenvalue weighted by Gasteiger charge is -2.28. The Morgan fingerprint density at radius 3 is 2.47 bits per heavy atom. The van der Waals surface area contributed by atoms with E-state index < -0.39 is 0 Å². The quantitative estimate of drug-likeness (QED) is 0.394. The zero-order valence-electron chi connectivity index (χ0n) is 9.72. The third-order valence-corrected chi connectivity index (χ3v) is 2.26. The Morgan fingerprint density at radius 2 is 1.93 bits per heavy atom. The highest BCUT2D eigenvalue weighted by Gasteiger charge is 2.19. The number of hydrogen-bond donors (Lipinski definition) is 0. The van der Waals surface area contributed by atoms with E-state index in [2.05, 4.69) is 10.2 Å². The number of piperazine rings is 1. The molecule has 1 saturated heterocycles. The van der Waals surface area contributed by atoms with Gasteiger partial charge >= 0.3 is 0 Å². The fraction of sp³-hybridized carbons (Fsp3) is 1.00. The van der Waals surface area contributed by atoms with Gasteiger partial charge < -0.3 is 14.9 Å². The van der Waals surface area contributed by atoms with Crippen LogP contribution < -0.4 is 0 Å². The average molecular weight is 216 g/mol. The summed E-state index contributed by atoms with van der Waals surface area (Å²) in [6, 6.07) is 0. The highest BCUT2D eigenvalue weighted by Crippen LogP contribution is 2.00. The van der Waals surface area contributed by atoms with E-state index in [4.69, 9.17) is 4.84 Å². The molecule has 88 valence electrons. The molecule has 0 saturated carbocycles. The Morgan fingerprint density at radius 1 is 1.33 bits per heavy atom. The van der Waals surface area contributed by atoms with E-state index in [9.17, 15) is 5.21 Å². The molecule has 0 unspecified atom stereocenters. The zero-order valence-corrected chi connectivity index (χ0v) is 9.72. The Balaban J connectivity index is 2.29. The first kappa shape index (κ1) is 12.0. The second kappa shape index (κ2) is 5.75. The van der Waals surface area contributed by atoms with Gasteiger partial charge in [0, 0.05) is 13.1 Å². The van der Waals surface area contributed by atoms with Gasteiger partial charge in [-0.25, -0.2) is 0 Å². The molecule has 15 heavy (non-hydrogen) atoms. The van der Waals surface area contributed by atoms with Gasteiger partial charge in [-0.05, 0) is 13.0 Å². The normalized spacial score (nSPS) is 19.7. The molecule has 1 aliphatic rings.